The zero-order chi connectivity index (χ0) is 10.3. The molecule has 3 rings (SSSR count). The van der Waals surface area contributed by atoms with Crippen LogP contribution in [0.3, 0.4) is 0 Å². The van der Waals surface area contributed by atoms with E-state index in [-0.39, 0.29) is 0 Å². The molecule has 3 aliphatic rings. The summed E-state index contributed by atoms with van der Waals surface area (Å²) < 4.78 is 5.93. The second-order valence-electron chi connectivity index (χ2n) is 5.28. The third kappa shape index (κ3) is 1.81. The molecule has 3 saturated heterocycles. The highest BCUT2D eigenvalue weighted by atomic mass is 16.5. The normalized spacial score (nSPS) is 42.6. The average Bonchev–Trinajstić information content (AvgIpc) is 2.91. The number of nitrogens with zero attached hydrogens (tertiary/aromatic N) is 1. The van der Waals surface area contributed by atoms with E-state index in [1.54, 1.807) is 0 Å². The van der Waals surface area contributed by atoms with Crippen LogP contribution in [0.25, 0.3) is 0 Å². The number of fused-ring (bicyclic) bond motifs is 2. The van der Waals surface area contributed by atoms with Crippen LogP contribution in [0, 0.1) is 0 Å². The second-order valence-corrected chi connectivity index (χ2v) is 5.28. The molecule has 2 bridgehead atoms. The fourth-order valence-corrected chi connectivity index (χ4v) is 3.52. The Morgan fingerprint density at radius 3 is 2.47 bits per heavy atom. The van der Waals surface area contributed by atoms with E-state index in [0.29, 0.717) is 12.2 Å². The fraction of sp³-hybridized carbons (Fsp3) is 1.00. The number of piperidine rings is 1. The van der Waals surface area contributed by atoms with Gasteiger partial charge in [0.25, 0.3) is 0 Å². The standard InChI is InChI=1S/C12H22N2O/c1-13-9-4-6-14(7-5-9)11-8-10-2-3-12(11)15-10/h9-13H,2-8H2,1H3. The van der Waals surface area contributed by atoms with E-state index in [4.69, 9.17) is 4.74 Å². The smallest absolute Gasteiger partial charge is 0.0735 e. The van der Waals surface area contributed by atoms with Gasteiger partial charge in [-0.15, -0.1) is 0 Å². The summed E-state index contributed by atoms with van der Waals surface area (Å²) in [5.41, 5.74) is 0. The highest BCUT2D eigenvalue weighted by Crippen LogP contribution is 2.37. The Hall–Kier alpha value is -0.120. The van der Waals surface area contributed by atoms with Crippen molar-refractivity contribution in [2.24, 2.45) is 0 Å². The molecule has 0 spiro atoms. The molecule has 3 atom stereocenters. The first kappa shape index (κ1) is 10.1. The monoisotopic (exact) mass is 210 g/mol. The SMILES string of the molecule is CNC1CCN(C2CC3CCC2O3)CC1. The highest BCUT2D eigenvalue weighted by molar-refractivity contribution is 4.96. The Labute approximate surface area is 92.2 Å². The Balaban J connectivity index is 1.56. The molecule has 0 amide bonds. The quantitative estimate of drug-likeness (QED) is 0.735. The van der Waals surface area contributed by atoms with E-state index < -0.39 is 0 Å². The van der Waals surface area contributed by atoms with Gasteiger partial charge in [-0.05, 0) is 39.2 Å². The maximum Gasteiger partial charge on any atom is 0.0735 e. The summed E-state index contributed by atoms with van der Waals surface area (Å²) in [6.07, 6.45) is 7.71. The maximum atomic E-state index is 5.93. The van der Waals surface area contributed by atoms with Gasteiger partial charge in [0.1, 0.15) is 0 Å². The van der Waals surface area contributed by atoms with Crippen molar-refractivity contribution in [2.75, 3.05) is 20.1 Å². The van der Waals surface area contributed by atoms with E-state index in [1.165, 1.54) is 45.2 Å². The summed E-state index contributed by atoms with van der Waals surface area (Å²) in [5, 5.41) is 3.39. The maximum absolute atomic E-state index is 5.93. The molecule has 3 nitrogen and oxygen atoms in total. The van der Waals surface area contributed by atoms with Crippen molar-refractivity contribution in [3.05, 3.63) is 0 Å². The molecule has 0 aromatic rings. The lowest BCUT2D eigenvalue weighted by atomic mass is 9.92. The summed E-state index contributed by atoms with van der Waals surface area (Å²) >= 11 is 0. The largest absolute Gasteiger partial charge is 0.373 e. The fourth-order valence-electron chi connectivity index (χ4n) is 3.52. The van der Waals surface area contributed by atoms with E-state index in [1.807, 2.05) is 0 Å². The Morgan fingerprint density at radius 1 is 1.13 bits per heavy atom. The van der Waals surface area contributed by atoms with E-state index in [0.717, 1.165) is 12.1 Å². The van der Waals surface area contributed by atoms with Crippen molar-refractivity contribution in [1.82, 2.24) is 10.2 Å². The van der Waals surface area contributed by atoms with Crippen LogP contribution in [0.1, 0.15) is 32.1 Å². The lowest BCUT2D eigenvalue weighted by Gasteiger charge is -2.38. The Morgan fingerprint density at radius 2 is 1.93 bits per heavy atom. The van der Waals surface area contributed by atoms with Crippen molar-refractivity contribution in [2.45, 2.75) is 56.4 Å². The molecule has 0 radical (unpaired) electrons. The van der Waals surface area contributed by atoms with E-state index >= 15 is 0 Å². The second kappa shape index (κ2) is 4.04. The summed E-state index contributed by atoms with van der Waals surface area (Å²) in [5.74, 6) is 0. The zero-order valence-electron chi connectivity index (χ0n) is 9.61. The van der Waals surface area contributed by atoms with Gasteiger partial charge in [-0.2, -0.15) is 0 Å². The summed E-state index contributed by atoms with van der Waals surface area (Å²) in [6, 6.07) is 1.50. The van der Waals surface area contributed by atoms with Gasteiger partial charge in [0, 0.05) is 25.2 Å². The Kier molecular flexibility index (Phi) is 2.71. The first-order valence-electron chi connectivity index (χ1n) is 6.43. The van der Waals surface area contributed by atoms with Gasteiger partial charge < -0.3 is 10.1 Å². The van der Waals surface area contributed by atoms with Crippen LogP contribution in [0.5, 0.6) is 0 Å². The highest BCUT2D eigenvalue weighted by Gasteiger charge is 2.43. The van der Waals surface area contributed by atoms with Crippen LogP contribution >= 0.6 is 0 Å². The molecule has 0 aliphatic carbocycles. The molecule has 3 aliphatic heterocycles. The van der Waals surface area contributed by atoms with Crippen molar-refractivity contribution >= 4 is 0 Å². The lowest BCUT2D eigenvalue weighted by Crippen LogP contribution is -2.49. The minimum Gasteiger partial charge on any atom is -0.373 e. The van der Waals surface area contributed by atoms with Gasteiger partial charge in [0.05, 0.1) is 12.2 Å². The molecular weight excluding hydrogens is 188 g/mol. The van der Waals surface area contributed by atoms with Crippen LogP contribution in [0.15, 0.2) is 0 Å². The van der Waals surface area contributed by atoms with Crippen molar-refractivity contribution in [3.8, 4) is 0 Å². The zero-order valence-corrected chi connectivity index (χ0v) is 9.61. The molecule has 3 heterocycles. The molecule has 3 unspecified atom stereocenters. The summed E-state index contributed by atoms with van der Waals surface area (Å²) in [7, 11) is 2.08. The van der Waals surface area contributed by atoms with Gasteiger partial charge in [-0.3, -0.25) is 4.90 Å². The van der Waals surface area contributed by atoms with Gasteiger partial charge in [0.15, 0.2) is 0 Å². The summed E-state index contributed by atoms with van der Waals surface area (Å²) in [4.78, 5) is 2.68. The first-order chi connectivity index (χ1) is 7.36. The lowest BCUT2D eigenvalue weighted by molar-refractivity contribution is 0.0591. The minimum atomic E-state index is 0.570. The average molecular weight is 210 g/mol. The first-order valence-corrected chi connectivity index (χ1v) is 6.43. The molecular formula is C12H22N2O. The van der Waals surface area contributed by atoms with Gasteiger partial charge in [0.2, 0.25) is 0 Å². The molecule has 0 aromatic heterocycles. The molecule has 3 heteroatoms. The number of ether oxygens (including phenoxy) is 1. The Bertz CT molecular complexity index is 226. The molecule has 0 saturated carbocycles. The third-order valence-electron chi connectivity index (χ3n) is 4.48. The number of hydrogen-bond donors (Lipinski definition) is 1. The van der Waals surface area contributed by atoms with Crippen LogP contribution in [0.2, 0.25) is 0 Å². The van der Waals surface area contributed by atoms with Crippen LogP contribution < -0.4 is 5.32 Å². The molecule has 1 N–H and O–H groups in total. The number of likely N-dealkylation sites (tertiary alicyclic amines) is 1. The minimum absolute atomic E-state index is 0.570. The predicted molar refractivity (Wildman–Crippen MR) is 60.0 cm³/mol. The van der Waals surface area contributed by atoms with Crippen LogP contribution in [0.4, 0.5) is 0 Å². The van der Waals surface area contributed by atoms with E-state index in [9.17, 15) is 0 Å². The molecule has 86 valence electrons. The summed E-state index contributed by atoms with van der Waals surface area (Å²) in [6.45, 7) is 2.53. The third-order valence-corrected chi connectivity index (χ3v) is 4.48. The topological polar surface area (TPSA) is 24.5 Å². The van der Waals surface area contributed by atoms with Crippen LogP contribution in [-0.2, 0) is 4.74 Å². The molecule has 0 aromatic carbocycles. The van der Waals surface area contributed by atoms with Crippen molar-refractivity contribution in [1.29, 1.82) is 0 Å². The van der Waals surface area contributed by atoms with Gasteiger partial charge in [-0.25, -0.2) is 0 Å². The number of nitrogens with one attached hydrogen (secondary N) is 1. The predicted octanol–water partition coefficient (Wildman–Crippen LogP) is 0.990. The van der Waals surface area contributed by atoms with Crippen molar-refractivity contribution < 1.29 is 4.74 Å². The van der Waals surface area contributed by atoms with E-state index in [2.05, 4.69) is 17.3 Å². The van der Waals surface area contributed by atoms with Gasteiger partial charge in [-0.1, -0.05) is 0 Å². The van der Waals surface area contributed by atoms with Gasteiger partial charge >= 0.3 is 0 Å². The van der Waals surface area contributed by atoms with Crippen LogP contribution in [-0.4, -0.2) is 49.3 Å². The molecule has 3 fully saturated rings. The number of rotatable bonds is 2. The number of hydrogen-bond acceptors (Lipinski definition) is 3. The van der Waals surface area contributed by atoms with Crippen molar-refractivity contribution in [3.63, 3.8) is 0 Å². The molecule has 15 heavy (non-hydrogen) atoms.